The maximum Gasteiger partial charge on any atom is 0.333 e. The van der Waals surface area contributed by atoms with Gasteiger partial charge in [0.25, 0.3) is 11.8 Å². The van der Waals surface area contributed by atoms with Gasteiger partial charge in [-0.3, -0.25) is 9.59 Å². The first kappa shape index (κ1) is 17.6. The molecule has 0 saturated carbocycles. The Bertz CT molecular complexity index is 704. The number of nitrogens with zero attached hydrogens (tertiary/aromatic N) is 1. The highest BCUT2D eigenvalue weighted by molar-refractivity contribution is 7.92. The van der Waals surface area contributed by atoms with Gasteiger partial charge in [0.1, 0.15) is 0 Å². The summed E-state index contributed by atoms with van der Waals surface area (Å²) in [6.07, 6.45) is 1.17. The van der Waals surface area contributed by atoms with E-state index < -0.39 is 45.0 Å². The van der Waals surface area contributed by atoms with Crippen LogP contribution in [0.2, 0.25) is 0 Å². The van der Waals surface area contributed by atoms with Crippen LogP contribution in [-0.4, -0.2) is 60.4 Å². The van der Waals surface area contributed by atoms with E-state index in [1.54, 1.807) is 0 Å². The number of amides is 4. The maximum absolute atomic E-state index is 12.1. The van der Waals surface area contributed by atoms with E-state index in [2.05, 4.69) is 10.6 Å². The SMILES string of the molecule is O=C1NC2CS(=O)(=O)[C@@H](CCCCC(=O)ON3C(=O)CCC3=O)C2N1. The molecule has 0 aromatic carbocycles. The third-order valence-corrected chi connectivity index (χ3v) is 6.92. The van der Waals surface area contributed by atoms with Gasteiger partial charge in [0, 0.05) is 19.3 Å². The zero-order valence-electron chi connectivity index (χ0n) is 13.4. The van der Waals surface area contributed by atoms with E-state index in [-0.39, 0.29) is 31.0 Å². The summed E-state index contributed by atoms with van der Waals surface area (Å²) in [5.41, 5.74) is 0. The van der Waals surface area contributed by atoms with Crippen molar-refractivity contribution in [2.75, 3.05) is 5.75 Å². The van der Waals surface area contributed by atoms with Gasteiger partial charge in [-0.1, -0.05) is 6.42 Å². The number of hydroxylamine groups is 2. The third-order valence-electron chi connectivity index (χ3n) is 4.64. The van der Waals surface area contributed by atoms with Crippen LogP contribution in [0, 0.1) is 0 Å². The second kappa shape index (κ2) is 6.62. The van der Waals surface area contributed by atoms with E-state index >= 15 is 0 Å². The average molecular weight is 373 g/mol. The predicted molar refractivity (Wildman–Crippen MR) is 82.5 cm³/mol. The molecule has 3 heterocycles. The van der Waals surface area contributed by atoms with Gasteiger partial charge in [-0.15, -0.1) is 5.06 Å². The van der Waals surface area contributed by atoms with E-state index in [1.807, 2.05) is 0 Å². The molecule has 3 saturated heterocycles. The summed E-state index contributed by atoms with van der Waals surface area (Å²) in [6, 6.07) is -1.21. The van der Waals surface area contributed by atoms with Crippen LogP contribution in [0.5, 0.6) is 0 Å². The van der Waals surface area contributed by atoms with Crippen LogP contribution in [0.25, 0.3) is 0 Å². The number of rotatable bonds is 6. The van der Waals surface area contributed by atoms with Crippen molar-refractivity contribution in [3.63, 3.8) is 0 Å². The summed E-state index contributed by atoms with van der Waals surface area (Å²) < 4.78 is 24.3. The van der Waals surface area contributed by atoms with Crippen LogP contribution in [0.4, 0.5) is 4.79 Å². The van der Waals surface area contributed by atoms with Gasteiger partial charge in [-0.25, -0.2) is 18.0 Å². The molecule has 3 rings (SSSR count). The number of sulfone groups is 1. The first-order valence-corrected chi connectivity index (χ1v) is 9.84. The molecule has 0 aliphatic carbocycles. The molecule has 3 aliphatic heterocycles. The molecule has 138 valence electrons. The first-order valence-electron chi connectivity index (χ1n) is 8.13. The van der Waals surface area contributed by atoms with Crippen molar-refractivity contribution < 1.29 is 32.4 Å². The van der Waals surface area contributed by atoms with Crippen LogP contribution >= 0.6 is 0 Å². The third kappa shape index (κ3) is 3.60. The minimum absolute atomic E-state index is 0.0253. The standard InChI is InChI=1S/C14H19N3O7S/c18-10-5-6-11(19)17(10)24-12(20)4-2-1-3-9-13-8(7-25(9,22)23)15-14(21)16-13/h8-9,13H,1-7H2,(H2,15,16,21)/t8?,9-,13?/m0/s1. The molecule has 11 heteroatoms. The lowest BCUT2D eigenvalue weighted by Gasteiger charge is -2.16. The van der Waals surface area contributed by atoms with Crippen molar-refractivity contribution in [2.24, 2.45) is 0 Å². The molecule has 3 aliphatic rings. The Labute approximate surface area is 144 Å². The highest BCUT2D eigenvalue weighted by Crippen LogP contribution is 2.28. The van der Waals surface area contributed by atoms with E-state index in [0.29, 0.717) is 24.3 Å². The average Bonchev–Trinajstić information content (AvgIpc) is 3.09. The highest BCUT2D eigenvalue weighted by atomic mass is 32.2. The normalized spacial score (nSPS) is 30.2. The maximum atomic E-state index is 12.1. The molecular formula is C14H19N3O7S. The molecule has 2 N–H and O–H groups in total. The van der Waals surface area contributed by atoms with Crippen molar-refractivity contribution in [1.82, 2.24) is 15.7 Å². The molecule has 25 heavy (non-hydrogen) atoms. The minimum atomic E-state index is -3.29. The minimum Gasteiger partial charge on any atom is -0.332 e. The number of carbonyl (C=O) groups excluding carboxylic acids is 4. The van der Waals surface area contributed by atoms with E-state index in [0.717, 1.165) is 0 Å². The van der Waals surface area contributed by atoms with E-state index in [4.69, 9.17) is 4.84 Å². The molecule has 10 nitrogen and oxygen atoms in total. The largest absolute Gasteiger partial charge is 0.333 e. The van der Waals surface area contributed by atoms with Crippen molar-refractivity contribution in [1.29, 1.82) is 0 Å². The molecule has 0 radical (unpaired) electrons. The van der Waals surface area contributed by atoms with Crippen LogP contribution in [0.15, 0.2) is 0 Å². The van der Waals surface area contributed by atoms with Gasteiger partial charge in [0.15, 0.2) is 9.84 Å². The lowest BCUT2D eigenvalue weighted by atomic mass is 10.0. The second-order valence-corrected chi connectivity index (χ2v) is 8.67. The Hall–Kier alpha value is -2.17. The zero-order chi connectivity index (χ0) is 18.2. The van der Waals surface area contributed by atoms with Crippen LogP contribution in [0.1, 0.15) is 38.5 Å². The molecule has 2 unspecified atom stereocenters. The zero-order valence-corrected chi connectivity index (χ0v) is 14.2. The van der Waals surface area contributed by atoms with Crippen LogP contribution in [-0.2, 0) is 29.1 Å². The number of fused-ring (bicyclic) bond motifs is 1. The summed E-state index contributed by atoms with van der Waals surface area (Å²) in [6.45, 7) is 0. The monoisotopic (exact) mass is 373 g/mol. The number of carbonyl (C=O) groups is 4. The smallest absolute Gasteiger partial charge is 0.332 e. The van der Waals surface area contributed by atoms with Crippen molar-refractivity contribution in [3.05, 3.63) is 0 Å². The van der Waals surface area contributed by atoms with E-state index in [1.165, 1.54) is 0 Å². The van der Waals surface area contributed by atoms with Crippen LogP contribution < -0.4 is 10.6 Å². The molecule has 4 amide bonds. The predicted octanol–water partition coefficient (Wildman–Crippen LogP) is -0.999. The molecule has 0 bridgehead atoms. The fraction of sp³-hybridized carbons (Fsp3) is 0.714. The van der Waals surface area contributed by atoms with E-state index in [9.17, 15) is 27.6 Å². The second-order valence-electron chi connectivity index (χ2n) is 6.41. The molecule has 0 aromatic heterocycles. The number of nitrogens with one attached hydrogen (secondary N) is 2. The Balaban J connectivity index is 1.43. The number of hydrogen-bond donors (Lipinski definition) is 2. The molecule has 0 aromatic rings. The summed E-state index contributed by atoms with van der Waals surface area (Å²) in [7, 11) is -3.29. The summed E-state index contributed by atoms with van der Waals surface area (Å²) in [4.78, 5) is 50.4. The van der Waals surface area contributed by atoms with Gasteiger partial charge in [0.2, 0.25) is 0 Å². The lowest BCUT2D eigenvalue weighted by Crippen LogP contribution is -2.39. The highest BCUT2D eigenvalue weighted by Gasteiger charge is 2.51. The Morgan fingerprint density at radius 1 is 1.12 bits per heavy atom. The number of urea groups is 1. The Morgan fingerprint density at radius 3 is 2.48 bits per heavy atom. The summed E-state index contributed by atoms with van der Waals surface area (Å²) in [5.74, 6) is -1.86. The van der Waals surface area contributed by atoms with Gasteiger partial charge in [-0.2, -0.15) is 0 Å². The Morgan fingerprint density at radius 2 is 1.80 bits per heavy atom. The molecule has 3 fully saturated rings. The van der Waals surface area contributed by atoms with Gasteiger partial charge in [0.05, 0.1) is 23.1 Å². The van der Waals surface area contributed by atoms with Crippen molar-refractivity contribution in [3.8, 4) is 0 Å². The lowest BCUT2D eigenvalue weighted by molar-refractivity contribution is -0.197. The summed E-state index contributed by atoms with van der Waals surface area (Å²) >= 11 is 0. The number of hydrogen-bond acceptors (Lipinski definition) is 7. The summed E-state index contributed by atoms with van der Waals surface area (Å²) in [5, 5.41) is 5.03. The molecule has 0 spiro atoms. The number of imide groups is 1. The fourth-order valence-electron chi connectivity index (χ4n) is 3.43. The van der Waals surface area contributed by atoms with Crippen molar-refractivity contribution in [2.45, 2.75) is 55.9 Å². The quantitative estimate of drug-likeness (QED) is 0.346. The fourth-order valence-corrected chi connectivity index (χ4v) is 5.69. The van der Waals surface area contributed by atoms with Gasteiger partial charge < -0.3 is 15.5 Å². The van der Waals surface area contributed by atoms with Crippen molar-refractivity contribution >= 4 is 33.7 Å². The number of unbranched alkanes of at least 4 members (excludes halogenated alkanes) is 1. The van der Waals surface area contributed by atoms with Gasteiger partial charge >= 0.3 is 12.0 Å². The Kier molecular flexibility index (Phi) is 4.67. The topological polar surface area (TPSA) is 139 Å². The van der Waals surface area contributed by atoms with Gasteiger partial charge in [-0.05, 0) is 12.8 Å². The van der Waals surface area contributed by atoms with Crippen LogP contribution in [0.3, 0.4) is 0 Å². The molecular weight excluding hydrogens is 354 g/mol. The first-order chi connectivity index (χ1) is 11.8. The molecule has 3 atom stereocenters.